The average molecular weight is 322 g/mol. The van der Waals surface area contributed by atoms with Gasteiger partial charge in [0, 0.05) is 12.4 Å². The molecule has 0 bridgehead atoms. The van der Waals surface area contributed by atoms with Crippen molar-refractivity contribution < 1.29 is 0 Å². The molecule has 2 aromatic rings. The molecule has 2 heterocycles. The van der Waals surface area contributed by atoms with Crippen LogP contribution in [0.4, 0.5) is 0 Å². The van der Waals surface area contributed by atoms with Crippen molar-refractivity contribution in [2.24, 2.45) is 0 Å². The highest BCUT2D eigenvalue weighted by Crippen LogP contribution is 2.28. The molecule has 3 rings (SSSR count). The summed E-state index contributed by atoms with van der Waals surface area (Å²) in [4.78, 5) is 11.9. The Morgan fingerprint density at radius 1 is 1.26 bits per heavy atom. The van der Waals surface area contributed by atoms with Gasteiger partial charge in [-0.15, -0.1) is 0 Å². The van der Waals surface area contributed by atoms with E-state index in [2.05, 4.69) is 25.7 Å². The fourth-order valence-corrected chi connectivity index (χ4v) is 3.02. The number of nitrogens with zero attached hydrogens (tertiary/aromatic N) is 3. The monoisotopic (exact) mass is 321 g/mol. The van der Waals surface area contributed by atoms with Crippen LogP contribution in [0.5, 0.6) is 0 Å². The van der Waals surface area contributed by atoms with E-state index in [1.165, 1.54) is 25.7 Å². The first-order valence-corrected chi connectivity index (χ1v) is 7.42. The van der Waals surface area contributed by atoms with Gasteiger partial charge in [0.05, 0.1) is 22.8 Å². The molecule has 4 nitrogen and oxygen atoms in total. The number of aromatic nitrogens is 3. The molecule has 1 saturated carbocycles. The Balaban J connectivity index is 1.80. The topological polar surface area (TPSA) is 39.8 Å². The van der Waals surface area contributed by atoms with Crippen molar-refractivity contribution in [2.45, 2.75) is 38.3 Å². The maximum atomic E-state index is 11.9. The molecule has 2 aromatic heterocycles. The van der Waals surface area contributed by atoms with E-state index in [4.69, 9.17) is 0 Å². The van der Waals surface area contributed by atoms with E-state index in [-0.39, 0.29) is 5.56 Å². The zero-order valence-corrected chi connectivity index (χ0v) is 12.2. The van der Waals surface area contributed by atoms with Gasteiger partial charge in [0.1, 0.15) is 0 Å². The highest BCUT2D eigenvalue weighted by Gasteiger charge is 2.17. The summed E-state index contributed by atoms with van der Waals surface area (Å²) in [5.74, 6) is 0. The first kappa shape index (κ1) is 12.7. The van der Waals surface area contributed by atoms with E-state index in [0.29, 0.717) is 17.1 Å². The molecule has 0 amide bonds. The molecule has 0 radical (unpaired) electrons. The summed E-state index contributed by atoms with van der Waals surface area (Å²) in [7, 11) is 0. The Bertz CT molecular complexity index is 626. The second kappa shape index (κ2) is 5.33. The number of rotatable bonds is 3. The number of halogens is 1. The Labute approximate surface area is 120 Å². The van der Waals surface area contributed by atoms with Gasteiger partial charge in [-0.1, -0.05) is 12.8 Å². The van der Waals surface area contributed by atoms with E-state index >= 15 is 0 Å². The van der Waals surface area contributed by atoms with Crippen molar-refractivity contribution in [3.05, 3.63) is 51.1 Å². The summed E-state index contributed by atoms with van der Waals surface area (Å²) in [5, 5.41) is 4.60. The zero-order valence-electron chi connectivity index (χ0n) is 10.6. The maximum Gasteiger partial charge on any atom is 0.265 e. The van der Waals surface area contributed by atoms with Gasteiger partial charge in [0.2, 0.25) is 0 Å². The Morgan fingerprint density at radius 2 is 2.05 bits per heavy atom. The minimum absolute atomic E-state index is 0.0158. The van der Waals surface area contributed by atoms with Crippen molar-refractivity contribution in [3.8, 4) is 0 Å². The molecule has 0 N–H and O–H groups in total. The van der Waals surface area contributed by atoms with Crippen LogP contribution in [0.25, 0.3) is 0 Å². The standard InChI is InChI=1S/C14H16BrN3O/c15-13-6-3-8-17(14(13)19)10-11-7-9-18(16-11)12-4-1-2-5-12/h3,6-9,12H,1-2,4-5,10H2. The summed E-state index contributed by atoms with van der Waals surface area (Å²) >= 11 is 3.26. The SMILES string of the molecule is O=c1c(Br)cccn1Cc1ccn(C2CCCC2)n1. The third kappa shape index (κ3) is 2.66. The molecule has 0 spiro atoms. The van der Waals surface area contributed by atoms with E-state index in [1.54, 1.807) is 16.8 Å². The molecule has 100 valence electrons. The predicted molar refractivity (Wildman–Crippen MR) is 77.2 cm³/mol. The lowest BCUT2D eigenvalue weighted by atomic mass is 10.3. The third-order valence-electron chi connectivity index (χ3n) is 3.67. The van der Waals surface area contributed by atoms with Crippen LogP contribution in [0.3, 0.4) is 0 Å². The summed E-state index contributed by atoms with van der Waals surface area (Å²) in [6.45, 7) is 0.526. The van der Waals surface area contributed by atoms with Crippen LogP contribution < -0.4 is 5.56 Å². The molecule has 19 heavy (non-hydrogen) atoms. The van der Waals surface area contributed by atoms with E-state index in [0.717, 1.165) is 5.69 Å². The molecule has 5 heteroatoms. The van der Waals surface area contributed by atoms with E-state index in [1.807, 2.05) is 18.3 Å². The Kier molecular flexibility index (Phi) is 3.55. The summed E-state index contributed by atoms with van der Waals surface area (Å²) in [6, 6.07) is 6.18. The minimum atomic E-state index is -0.0158. The normalized spacial score (nSPS) is 16.1. The largest absolute Gasteiger partial charge is 0.308 e. The minimum Gasteiger partial charge on any atom is -0.308 e. The van der Waals surface area contributed by atoms with Crippen LogP contribution in [0.15, 0.2) is 39.9 Å². The third-order valence-corrected chi connectivity index (χ3v) is 4.27. The Hall–Kier alpha value is -1.36. The molecule has 1 aliphatic rings. The summed E-state index contributed by atoms with van der Waals surface area (Å²) in [6.07, 6.45) is 8.86. The van der Waals surface area contributed by atoms with Crippen molar-refractivity contribution in [1.29, 1.82) is 0 Å². The molecular weight excluding hydrogens is 306 g/mol. The molecule has 0 unspecified atom stereocenters. The predicted octanol–water partition coefficient (Wildman–Crippen LogP) is 2.97. The first-order valence-electron chi connectivity index (χ1n) is 6.63. The van der Waals surface area contributed by atoms with Gasteiger partial charge >= 0.3 is 0 Å². The quantitative estimate of drug-likeness (QED) is 0.871. The molecule has 0 aromatic carbocycles. The summed E-state index contributed by atoms with van der Waals surface area (Å²) in [5.41, 5.74) is 0.921. The van der Waals surface area contributed by atoms with Crippen LogP contribution in [0, 0.1) is 0 Å². The first-order chi connectivity index (χ1) is 9.24. The average Bonchev–Trinajstić information content (AvgIpc) is 3.05. The van der Waals surface area contributed by atoms with Crippen molar-refractivity contribution >= 4 is 15.9 Å². The van der Waals surface area contributed by atoms with Crippen LogP contribution in [-0.2, 0) is 6.54 Å². The van der Waals surface area contributed by atoms with Crippen molar-refractivity contribution in [3.63, 3.8) is 0 Å². The van der Waals surface area contributed by atoms with Crippen molar-refractivity contribution in [2.75, 3.05) is 0 Å². The smallest absolute Gasteiger partial charge is 0.265 e. The van der Waals surface area contributed by atoms with Crippen LogP contribution in [0.2, 0.25) is 0 Å². The summed E-state index contributed by atoms with van der Waals surface area (Å²) < 4.78 is 4.32. The van der Waals surface area contributed by atoms with E-state index in [9.17, 15) is 4.79 Å². The fourth-order valence-electron chi connectivity index (χ4n) is 2.64. The second-order valence-electron chi connectivity index (χ2n) is 5.01. The Morgan fingerprint density at radius 3 is 2.84 bits per heavy atom. The zero-order chi connectivity index (χ0) is 13.2. The van der Waals surface area contributed by atoms with Gasteiger partial charge in [-0.25, -0.2) is 0 Å². The lowest BCUT2D eigenvalue weighted by molar-refractivity contribution is 0.461. The highest BCUT2D eigenvalue weighted by atomic mass is 79.9. The molecule has 0 aliphatic heterocycles. The highest BCUT2D eigenvalue weighted by molar-refractivity contribution is 9.10. The molecule has 1 fully saturated rings. The van der Waals surface area contributed by atoms with Gasteiger partial charge in [0.25, 0.3) is 5.56 Å². The van der Waals surface area contributed by atoms with Crippen LogP contribution in [0.1, 0.15) is 37.4 Å². The van der Waals surface area contributed by atoms with Crippen LogP contribution >= 0.6 is 15.9 Å². The van der Waals surface area contributed by atoms with Crippen LogP contribution in [-0.4, -0.2) is 14.3 Å². The van der Waals surface area contributed by atoms with Crippen molar-refractivity contribution in [1.82, 2.24) is 14.3 Å². The molecule has 0 saturated heterocycles. The lowest BCUT2D eigenvalue weighted by Gasteiger charge is -2.09. The maximum absolute atomic E-state index is 11.9. The second-order valence-corrected chi connectivity index (χ2v) is 5.87. The molecule has 1 aliphatic carbocycles. The molecule has 0 atom stereocenters. The van der Waals surface area contributed by atoms with Gasteiger partial charge in [0.15, 0.2) is 0 Å². The van der Waals surface area contributed by atoms with Gasteiger partial charge in [-0.05, 0) is 47.0 Å². The number of hydrogen-bond acceptors (Lipinski definition) is 2. The molecular formula is C14H16BrN3O. The van der Waals surface area contributed by atoms with Gasteiger partial charge in [-0.2, -0.15) is 5.10 Å². The number of pyridine rings is 1. The van der Waals surface area contributed by atoms with E-state index < -0.39 is 0 Å². The lowest BCUT2D eigenvalue weighted by Crippen LogP contribution is -2.20. The fraction of sp³-hybridized carbons (Fsp3) is 0.429. The van der Waals surface area contributed by atoms with Gasteiger partial charge in [-0.3, -0.25) is 9.48 Å². The van der Waals surface area contributed by atoms with Gasteiger partial charge < -0.3 is 4.57 Å². The number of hydrogen-bond donors (Lipinski definition) is 0.